The Morgan fingerprint density at radius 2 is 1.84 bits per heavy atom. The molecule has 0 bridgehead atoms. The molecule has 3 atom stereocenters. The maximum absolute atomic E-state index is 13.4. The van der Waals surface area contributed by atoms with Crippen molar-refractivity contribution >= 4 is 36.9 Å². The molecular weight excluding hydrogens is 501 g/mol. The third kappa shape index (κ3) is 8.96. The third-order valence-corrected chi connectivity index (χ3v) is 6.27. The van der Waals surface area contributed by atoms with Gasteiger partial charge in [0, 0.05) is 23.5 Å². The summed E-state index contributed by atoms with van der Waals surface area (Å²) < 4.78 is 22.4. The van der Waals surface area contributed by atoms with Crippen molar-refractivity contribution in [3.63, 3.8) is 0 Å². The van der Waals surface area contributed by atoms with Gasteiger partial charge in [-0.2, -0.15) is 0 Å². The van der Waals surface area contributed by atoms with Crippen LogP contribution in [0.4, 0.5) is 0 Å². The van der Waals surface area contributed by atoms with Gasteiger partial charge in [-0.15, -0.1) is 0 Å². The molecule has 0 spiro atoms. The number of carbonyl (C=O) groups is 3. The highest BCUT2D eigenvalue weighted by Gasteiger charge is 2.35. The van der Waals surface area contributed by atoms with Gasteiger partial charge < -0.3 is 24.7 Å². The number of ether oxygens (including phenoxy) is 2. The topological polar surface area (TPSA) is 147 Å². The number of amides is 1. The number of para-hydroxylation sites is 1. The Hall–Kier alpha value is -2.72. The van der Waals surface area contributed by atoms with Crippen LogP contribution in [0.2, 0.25) is 0 Å². The number of hydrogen-bond acceptors (Lipinski definition) is 7. The highest BCUT2D eigenvalue weighted by Crippen LogP contribution is 2.29. The van der Waals surface area contributed by atoms with Gasteiger partial charge in [0.1, 0.15) is 12.1 Å². The Kier molecular flexibility index (Phi) is 11.3. The lowest BCUT2D eigenvalue weighted by Gasteiger charge is -2.29. The van der Waals surface area contributed by atoms with Crippen LogP contribution in [0.25, 0.3) is 10.9 Å². The van der Waals surface area contributed by atoms with E-state index in [0.717, 1.165) is 16.5 Å². The van der Waals surface area contributed by atoms with E-state index in [1.807, 2.05) is 38.1 Å². The van der Waals surface area contributed by atoms with Crippen LogP contribution >= 0.6 is 8.18 Å². The lowest BCUT2D eigenvalue weighted by Crippen LogP contribution is -2.51. The van der Waals surface area contributed by atoms with Gasteiger partial charge in [0.05, 0.1) is 12.0 Å². The van der Waals surface area contributed by atoms with Crippen LogP contribution in [0.3, 0.4) is 0 Å². The van der Waals surface area contributed by atoms with Crippen LogP contribution in [0.15, 0.2) is 30.5 Å². The minimum absolute atomic E-state index is 0.0741. The summed E-state index contributed by atoms with van der Waals surface area (Å²) in [5, 5.41) is 3.58. The third-order valence-electron chi connectivity index (χ3n) is 5.45. The first-order valence-electron chi connectivity index (χ1n) is 12.2. The van der Waals surface area contributed by atoms with Crippen LogP contribution in [-0.2, 0) is 39.7 Å². The summed E-state index contributed by atoms with van der Waals surface area (Å²) >= 11 is 0. The molecule has 0 radical (unpaired) electrons. The van der Waals surface area contributed by atoms with Crippen LogP contribution in [0.5, 0.6) is 0 Å². The molecule has 0 saturated heterocycles. The monoisotopic (exact) mass is 539 g/mol. The summed E-state index contributed by atoms with van der Waals surface area (Å²) in [5.41, 5.74) is 0.877. The second kappa shape index (κ2) is 13.7. The largest absolute Gasteiger partial charge is 0.464 e. The molecule has 0 fully saturated rings. The lowest BCUT2D eigenvalue weighted by molar-refractivity contribution is -0.207. The molecule has 11 nitrogen and oxygen atoms in total. The number of fused-ring (bicyclic) bond motifs is 1. The molecule has 0 aliphatic carbocycles. The van der Waals surface area contributed by atoms with Crippen LogP contribution < -0.4 is 5.32 Å². The number of esters is 2. The summed E-state index contributed by atoms with van der Waals surface area (Å²) in [7, 11) is -3.55. The minimum Gasteiger partial charge on any atom is -0.464 e. The van der Waals surface area contributed by atoms with Gasteiger partial charge >= 0.3 is 11.9 Å². The molecule has 1 amide bonds. The average Bonchev–Trinajstić information content (AvgIpc) is 3.22. The van der Waals surface area contributed by atoms with Crippen molar-refractivity contribution in [2.45, 2.75) is 66.5 Å². The first-order chi connectivity index (χ1) is 17.3. The van der Waals surface area contributed by atoms with Crippen molar-refractivity contribution in [3.8, 4) is 0 Å². The van der Waals surface area contributed by atoms with E-state index in [2.05, 4.69) is 10.3 Å². The molecule has 1 aromatic heterocycles. The van der Waals surface area contributed by atoms with Crippen LogP contribution in [-0.4, -0.2) is 58.0 Å². The summed E-state index contributed by atoms with van der Waals surface area (Å²) in [6, 6.07) is 5.27. The quantitative estimate of drug-likeness (QED) is 0.151. The highest BCUT2D eigenvalue weighted by molar-refractivity contribution is 7.35. The second-order valence-electron chi connectivity index (χ2n) is 10.1. The van der Waals surface area contributed by atoms with Gasteiger partial charge in [-0.1, -0.05) is 36.9 Å². The van der Waals surface area contributed by atoms with Crippen molar-refractivity contribution < 1.29 is 38.2 Å². The standard InChI is InChI=1S/C25H38N3O8P/c1-7-34-23(30)20(13-17-14-26-19-11-9-8-10-18(17)19)27-22(29)21(12-16(2)3)28(37(32)33)36-15-35-24(31)25(4,5)6/h8-11,14,16,20-21,26,37H,7,12-13,15H2,1-6H3,(H,27,29)(H,32,33)/t20-,21-/m0/s1. The molecule has 37 heavy (non-hydrogen) atoms. The fraction of sp³-hybridized carbons (Fsp3) is 0.560. The summed E-state index contributed by atoms with van der Waals surface area (Å²) in [4.78, 5) is 57.2. The Balaban J connectivity index is 2.25. The fourth-order valence-corrected chi connectivity index (χ4v) is 4.26. The predicted molar refractivity (Wildman–Crippen MR) is 138 cm³/mol. The molecule has 2 rings (SSSR count). The van der Waals surface area contributed by atoms with Crippen LogP contribution in [0, 0.1) is 11.3 Å². The number of hydroxylamine groups is 1. The van der Waals surface area contributed by atoms with E-state index >= 15 is 0 Å². The van der Waals surface area contributed by atoms with Gasteiger partial charge in [-0.05, 0) is 51.7 Å². The van der Waals surface area contributed by atoms with Gasteiger partial charge in [-0.25, -0.2) is 9.63 Å². The van der Waals surface area contributed by atoms with E-state index in [1.165, 1.54) is 0 Å². The van der Waals surface area contributed by atoms with E-state index in [1.54, 1.807) is 33.9 Å². The van der Waals surface area contributed by atoms with Gasteiger partial charge in [0.15, 0.2) is 0 Å². The molecule has 0 saturated carbocycles. The van der Waals surface area contributed by atoms with Crippen molar-refractivity contribution in [2.75, 3.05) is 13.4 Å². The molecule has 12 heteroatoms. The minimum atomic E-state index is -3.55. The van der Waals surface area contributed by atoms with Gasteiger partial charge in [0.2, 0.25) is 12.7 Å². The number of nitrogens with zero attached hydrogens (tertiary/aromatic N) is 1. The molecule has 1 unspecified atom stereocenters. The Bertz CT molecular complexity index is 1100. The first-order valence-corrected chi connectivity index (χ1v) is 13.5. The molecule has 3 N–H and O–H groups in total. The summed E-state index contributed by atoms with van der Waals surface area (Å²) in [6.07, 6.45) is 2.04. The van der Waals surface area contributed by atoms with E-state index in [4.69, 9.17) is 14.3 Å². The molecule has 0 aliphatic heterocycles. The molecule has 1 heterocycles. The van der Waals surface area contributed by atoms with E-state index in [0.29, 0.717) is 4.83 Å². The summed E-state index contributed by atoms with van der Waals surface area (Å²) in [5.74, 6) is -1.97. The van der Waals surface area contributed by atoms with Gasteiger partial charge in [0.25, 0.3) is 8.18 Å². The van der Waals surface area contributed by atoms with E-state index in [9.17, 15) is 23.8 Å². The van der Waals surface area contributed by atoms with Crippen molar-refractivity contribution in [2.24, 2.45) is 11.3 Å². The smallest absolute Gasteiger partial charge is 0.328 e. The lowest BCUT2D eigenvalue weighted by atomic mass is 9.98. The van der Waals surface area contributed by atoms with Crippen molar-refractivity contribution in [1.29, 1.82) is 0 Å². The SMILES string of the molecule is CCOC(=O)[C@H](Cc1c[nH]c2ccccc12)NC(=O)[C@H](CC(C)C)N(OCOC(=O)C(C)(C)C)[PH](=O)O. The van der Waals surface area contributed by atoms with Crippen molar-refractivity contribution in [3.05, 3.63) is 36.0 Å². The van der Waals surface area contributed by atoms with Crippen LogP contribution in [0.1, 0.15) is 53.5 Å². The molecule has 0 aliphatic rings. The van der Waals surface area contributed by atoms with E-state index in [-0.39, 0.29) is 25.4 Å². The zero-order chi connectivity index (χ0) is 27.8. The zero-order valence-electron chi connectivity index (χ0n) is 22.2. The molecular formula is C25H38N3O8P. The molecule has 2 aromatic rings. The predicted octanol–water partition coefficient (Wildman–Crippen LogP) is 3.34. The average molecular weight is 540 g/mol. The Labute approximate surface area is 217 Å². The number of aromatic nitrogens is 1. The number of carbonyl (C=O) groups excluding carboxylic acids is 3. The maximum Gasteiger partial charge on any atom is 0.328 e. The molecule has 206 valence electrons. The normalized spacial score (nSPS) is 14.4. The number of rotatable bonds is 13. The maximum atomic E-state index is 13.4. The number of nitrogens with one attached hydrogen (secondary N) is 2. The van der Waals surface area contributed by atoms with E-state index < -0.39 is 50.3 Å². The Morgan fingerprint density at radius 3 is 2.43 bits per heavy atom. The summed E-state index contributed by atoms with van der Waals surface area (Å²) in [6.45, 7) is 9.76. The first kappa shape index (κ1) is 30.5. The zero-order valence-corrected chi connectivity index (χ0v) is 23.2. The second-order valence-corrected chi connectivity index (χ2v) is 11.1. The number of hydrogen-bond donors (Lipinski definition) is 3. The van der Waals surface area contributed by atoms with Crippen molar-refractivity contribution in [1.82, 2.24) is 15.1 Å². The van der Waals surface area contributed by atoms with Gasteiger partial charge in [-0.3, -0.25) is 14.2 Å². The number of aromatic amines is 1. The molecule has 1 aromatic carbocycles. The number of H-pyrrole nitrogens is 1. The number of benzene rings is 1. The highest BCUT2D eigenvalue weighted by atomic mass is 31.1. The fourth-order valence-electron chi connectivity index (χ4n) is 3.61. The Morgan fingerprint density at radius 1 is 1.16 bits per heavy atom.